The van der Waals surface area contributed by atoms with E-state index in [4.69, 9.17) is 0 Å². The lowest BCUT2D eigenvalue weighted by atomic mass is 9.86. The maximum Gasteiger partial charge on any atom is 0.221 e. The monoisotopic (exact) mass is 335 g/mol. The van der Waals surface area contributed by atoms with Crippen molar-refractivity contribution in [3.05, 3.63) is 17.0 Å². The van der Waals surface area contributed by atoms with E-state index in [0.717, 1.165) is 43.9 Å². The first-order valence-corrected chi connectivity index (χ1v) is 8.88. The van der Waals surface area contributed by atoms with Gasteiger partial charge >= 0.3 is 0 Å². The molecule has 0 aromatic carbocycles. The van der Waals surface area contributed by atoms with E-state index in [0.29, 0.717) is 13.0 Å². The van der Waals surface area contributed by atoms with E-state index in [1.54, 1.807) is 0 Å². The van der Waals surface area contributed by atoms with Gasteiger partial charge in [-0.2, -0.15) is 5.10 Å². The van der Waals surface area contributed by atoms with Gasteiger partial charge in [0, 0.05) is 30.7 Å². The average molecular weight is 335 g/mol. The number of carbonyl (C=O) groups is 1. The highest BCUT2D eigenvalue weighted by molar-refractivity contribution is 5.75. The molecule has 1 fully saturated rings. The summed E-state index contributed by atoms with van der Waals surface area (Å²) < 4.78 is 1.95. The van der Waals surface area contributed by atoms with Gasteiger partial charge in [-0.1, -0.05) is 0 Å². The van der Waals surface area contributed by atoms with Crippen LogP contribution in [0, 0.1) is 20.8 Å². The van der Waals surface area contributed by atoms with Crippen molar-refractivity contribution in [3.8, 4) is 0 Å². The number of rotatable bonds is 6. The van der Waals surface area contributed by atoms with Crippen LogP contribution in [0.3, 0.4) is 0 Å². The summed E-state index contributed by atoms with van der Waals surface area (Å²) in [5, 5.41) is 7.67. The van der Waals surface area contributed by atoms with Crippen LogP contribution >= 0.6 is 0 Å². The summed E-state index contributed by atoms with van der Waals surface area (Å²) in [7, 11) is 6.40. The third-order valence-electron chi connectivity index (χ3n) is 5.78. The molecule has 1 amide bonds. The molecule has 1 aliphatic rings. The molecule has 24 heavy (non-hydrogen) atoms. The van der Waals surface area contributed by atoms with Crippen LogP contribution in [0.5, 0.6) is 0 Å². The zero-order chi connectivity index (χ0) is 17.9. The van der Waals surface area contributed by atoms with Gasteiger partial charge in [0.25, 0.3) is 0 Å². The molecule has 0 saturated carbocycles. The fraction of sp³-hybridized carbons (Fsp3) is 0.778. The molecule has 6 heteroatoms. The number of aryl methyl sites for hydroxylation is 2. The van der Waals surface area contributed by atoms with Crippen LogP contribution in [0.2, 0.25) is 0 Å². The lowest BCUT2D eigenvalue weighted by Crippen LogP contribution is -2.57. The first-order chi connectivity index (χ1) is 11.2. The third kappa shape index (κ3) is 4.16. The Kier molecular flexibility index (Phi) is 6.04. The summed E-state index contributed by atoms with van der Waals surface area (Å²) in [6, 6.07) is 0. The first-order valence-electron chi connectivity index (χ1n) is 8.88. The Labute approximate surface area is 146 Å². The number of hydrogen-bond acceptors (Lipinski definition) is 4. The summed E-state index contributed by atoms with van der Waals surface area (Å²) in [4.78, 5) is 16.9. The number of nitrogens with zero attached hydrogens (tertiary/aromatic N) is 4. The Bertz CT molecular complexity index is 570. The second kappa shape index (κ2) is 7.66. The zero-order valence-electron chi connectivity index (χ0n) is 16.1. The van der Waals surface area contributed by atoms with Gasteiger partial charge in [-0.05, 0) is 73.4 Å². The molecule has 1 saturated heterocycles. The highest BCUT2D eigenvalue weighted by Crippen LogP contribution is 2.25. The second-order valence-electron chi connectivity index (χ2n) is 7.47. The predicted octanol–water partition coefficient (Wildman–Crippen LogP) is 1.34. The van der Waals surface area contributed by atoms with Gasteiger partial charge < -0.3 is 15.1 Å². The Balaban J connectivity index is 1.86. The largest absolute Gasteiger partial charge is 0.354 e. The van der Waals surface area contributed by atoms with E-state index in [-0.39, 0.29) is 11.4 Å². The minimum Gasteiger partial charge on any atom is -0.354 e. The molecule has 6 nitrogen and oxygen atoms in total. The van der Waals surface area contributed by atoms with Crippen molar-refractivity contribution in [2.75, 3.05) is 40.8 Å². The number of carbonyl (C=O) groups excluding carboxylic acids is 1. The third-order valence-corrected chi connectivity index (χ3v) is 5.78. The van der Waals surface area contributed by atoms with Crippen LogP contribution in [-0.4, -0.2) is 71.8 Å². The molecule has 0 radical (unpaired) electrons. The number of likely N-dealkylation sites (tertiary alicyclic amines) is 1. The highest BCUT2D eigenvalue weighted by atomic mass is 16.1. The van der Waals surface area contributed by atoms with Crippen molar-refractivity contribution < 1.29 is 4.79 Å². The maximum absolute atomic E-state index is 12.3. The molecule has 1 aliphatic heterocycles. The maximum atomic E-state index is 12.3. The fourth-order valence-electron chi connectivity index (χ4n) is 3.38. The second-order valence-corrected chi connectivity index (χ2v) is 7.47. The molecular formula is C18H33N5O. The normalized spacial score (nSPS) is 18.1. The van der Waals surface area contributed by atoms with E-state index in [1.807, 2.05) is 11.6 Å². The molecule has 0 spiro atoms. The van der Waals surface area contributed by atoms with Crippen LogP contribution in [-0.2, 0) is 11.3 Å². The number of nitrogens with one attached hydrogen (secondary N) is 1. The van der Waals surface area contributed by atoms with Gasteiger partial charge in [0.1, 0.15) is 0 Å². The Hall–Kier alpha value is -1.40. The number of hydrogen-bond donors (Lipinski definition) is 1. The molecule has 0 aliphatic carbocycles. The summed E-state index contributed by atoms with van der Waals surface area (Å²) in [6.45, 7) is 9.69. The number of piperidine rings is 1. The molecule has 1 N–H and O–H groups in total. The van der Waals surface area contributed by atoms with Crippen molar-refractivity contribution in [1.82, 2.24) is 24.9 Å². The standard InChI is InChI=1S/C18H33N5O/c1-14-15(2)20-23(16(14)3)10-7-17(24)19-13-18(21(4)5)8-11-22(6)12-9-18/h7-13H2,1-6H3,(H,19,24). The van der Waals surface area contributed by atoms with Crippen molar-refractivity contribution >= 4 is 5.91 Å². The predicted molar refractivity (Wildman–Crippen MR) is 97.2 cm³/mol. The molecule has 0 atom stereocenters. The molecule has 1 aromatic rings. The van der Waals surface area contributed by atoms with Crippen molar-refractivity contribution in [2.45, 2.75) is 52.1 Å². The Morgan fingerprint density at radius 1 is 1.25 bits per heavy atom. The zero-order valence-corrected chi connectivity index (χ0v) is 16.1. The molecule has 2 rings (SSSR count). The molecule has 2 heterocycles. The van der Waals surface area contributed by atoms with Gasteiger partial charge in [0.15, 0.2) is 0 Å². The number of aromatic nitrogens is 2. The van der Waals surface area contributed by atoms with Crippen LogP contribution in [0.4, 0.5) is 0 Å². The lowest BCUT2D eigenvalue weighted by Gasteiger charge is -2.45. The number of amides is 1. The fourth-order valence-corrected chi connectivity index (χ4v) is 3.38. The SMILES string of the molecule is Cc1nn(CCC(=O)NCC2(N(C)C)CCN(C)CC2)c(C)c1C. The van der Waals surface area contributed by atoms with Crippen molar-refractivity contribution in [3.63, 3.8) is 0 Å². The summed E-state index contributed by atoms with van der Waals surface area (Å²) in [5.74, 6) is 0.111. The van der Waals surface area contributed by atoms with Crippen LogP contribution < -0.4 is 5.32 Å². The van der Waals surface area contributed by atoms with E-state index in [9.17, 15) is 4.79 Å². The van der Waals surface area contributed by atoms with Crippen molar-refractivity contribution in [2.24, 2.45) is 0 Å². The summed E-state index contributed by atoms with van der Waals surface area (Å²) in [6.07, 6.45) is 2.66. The Morgan fingerprint density at radius 2 is 1.88 bits per heavy atom. The van der Waals surface area contributed by atoms with E-state index in [1.165, 1.54) is 5.56 Å². The molecule has 0 bridgehead atoms. The Morgan fingerprint density at radius 3 is 2.38 bits per heavy atom. The van der Waals surface area contributed by atoms with E-state index < -0.39 is 0 Å². The van der Waals surface area contributed by atoms with E-state index >= 15 is 0 Å². The molecule has 0 unspecified atom stereocenters. The minimum absolute atomic E-state index is 0.0803. The highest BCUT2D eigenvalue weighted by Gasteiger charge is 2.35. The van der Waals surface area contributed by atoms with Gasteiger partial charge in [0.05, 0.1) is 5.69 Å². The van der Waals surface area contributed by atoms with Gasteiger partial charge in [0.2, 0.25) is 5.91 Å². The van der Waals surface area contributed by atoms with Gasteiger partial charge in [-0.15, -0.1) is 0 Å². The van der Waals surface area contributed by atoms with Gasteiger partial charge in [-0.3, -0.25) is 9.48 Å². The quantitative estimate of drug-likeness (QED) is 0.852. The molecule has 1 aromatic heterocycles. The average Bonchev–Trinajstić information content (AvgIpc) is 2.79. The smallest absolute Gasteiger partial charge is 0.221 e. The van der Waals surface area contributed by atoms with Gasteiger partial charge in [-0.25, -0.2) is 0 Å². The molecule has 136 valence electrons. The topological polar surface area (TPSA) is 53.4 Å². The summed E-state index contributed by atoms with van der Waals surface area (Å²) in [5.41, 5.74) is 3.50. The van der Waals surface area contributed by atoms with Crippen LogP contribution in [0.1, 0.15) is 36.2 Å². The first kappa shape index (κ1) is 18.9. The lowest BCUT2D eigenvalue weighted by molar-refractivity contribution is -0.122. The minimum atomic E-state index is 0.0803. The van der Waals surface area contributed by atoms with E-state index in [2.05, 4.69) is 55.2 Å². The van der Waals surface area contributed by atoms with Crippen LogP contribution in [0.25, 0.3) is 0 Å². The summed E-state index contributed by atoms with van der Waals surface area (Å²) >= 11 is 0. The number of likely N-dealkylation sites (N-methyl/N-ethyl adjacent to an activating group) is 1. The molecular weight excluding hydrogens is 302 g/mol. The van der Waals surface area contributed by atoms with Crippen LogP contribution in [0.15, 0.2) is 0 Å². The van der Waals surface area contributed by atoms with Crippen molar-refractivity contribution in [1.29, 1.82) is 0 Å².